The van der Waals surface area contributed by atoms with E-state index in [2.05, 4.69) is 49.2 Å². The van der Waals surface area contributed by atoms with Crippen molar-refractivity contribution in [2.75, 3.05) is 17.2 Å². The Labute approximate surface area is 169 Å². The fourth-order valence-electron chi connectivity index (χ4n) is 2.82. The van der Waals surface area contributed by atoms with E-state index in [1.54, 1.807) is 6.20 Å². The summed E-state index contributed by atoms with van der Waals surface area (Å²) in [5.74, 6) is 0.562. The second-order valence-corrected chi connectivity index (χ2v) is 7.53. The maximum Gasteiger partial charge on any atom is 0.238 e. The van der Waals surface area contributed by atoms with Gasteiger partial charge in [-0.3, -0.25) is 14.3 Å². The predicted octanol–water partition coefficient (Wildman–Crippen LogP) is 4.64. The minimum Gasteiger partial charge on any atom is -0.298 e. The molecule has 1 aromatic heterocycles. The van der Waals surface area contributed by atoms with E-state index < -0.39 is 0 Å². The number of rotatable bonds is 7. The highest BCUT2D eigenvalue weighted by Gasteiger charge is 2.17. The molecule has 1 amide bonds. The minimum absolute atomic E-state index is 0.0223. The van der Waals surface area contributed by atoms with Crippen LogP contribution in [0.5, 0.6) is 0 Å². The molecule has 0 spiro atoms. The lowest BCUT2D eigenvalue weighted by atomic mass is 10.0. The Morgan fingerprint density at radius 3 is 2.54 bits per heavy atom. The first-order valence-electron chi connectivity index (χ1n) is 9.09. The number of imidazole rings is 1. The van der Waals surface area contributed by atoms with Crippen molar-refractivity contribution in [3.05, 3.63) is 72.6 Å². The van der Waals surface area contributed by atoms with Crippen LogP contribution < -0.4 is 4.90 Å². The van der Waals surface area contributed by atoms with Crippen LogP contribution in [0.15, 0.2) is 72.1 Å². The second kappa shape index (κ2) is 9.25. The maximum absolute atomic E-state index is 12.7. The van der Waals surface area contributed by atoms with Crippen LogP contribution in [0.3, 0.4) is 0 Å². The lowest BCUT2D eigenvalue weighted by molar-refractivity contribution is -0.116. The Morgan fingerprint density at radius 2 is 1.89 bits per heavy atom. The molecule has 0 saturated carbocycles. The van der Waals surface area contributed by atoms with Crippen molar-refractivity contribution < 1.29 is 4.79 Å². The number of hydrogen-bond acceptors (Lipinski definition) is 4. The van der Waals surface area contributed by atoms with Gasteiger partial charge in [-0.25, -0.2) is 4.98 Å². The zero-order valence-electron chi connectivity index (χ0n) is 15.9. The van der Waals surface area contributed by atoms with Gasteiger partial charge in [0.05, 0.1) is 11.8 Å². The summed E-state index contributed by atoms with van der Waals surface area (Å²) in [4.78, 5) is 18.6. The zero-order valence-corrected chi connectivity index (χ0v) is 16.8. The number of amides is 1. The van der Waals surface area contributed by atoms with Crippen LogP contribution in [0.4, 0.5) is 5.69 Å². The Balaban J connectivity index is 1.72. The number of nitriles is 1. The molecule has 0 aliphatic rings. The first-order valence-corrected chi connectivity index (χ1v) is 10.1. The second-order valence-electron chi connectivity index (χ2n) is 6.59. The van der Waals surface area contributed by atoms with Gasteiger partial charge < -0.3 is 0 Å². The monoisotopic (exact) mass is 390 g/mol. The minimum atomic E-state index is -0.123. The van der Waals surface area contributed by atoms with E-state index in [1.807, 2.05) is 41.1 Å². The van der Waals surface area contributed by atoms with Gasteiger partial charge in [0.2, 0.25) is 5.91 Å². The summed E-state index contributed by atoms with van der Waals surface area (Å²) in [5, 5.41) is 9.83. The van der Waals surface area contributed by atoms with Crippen LogP contribution in [0, 0.1) is 11.3 Å². The molecule has 1 heterocycles. The van der Waals surface area contributed by atoms with Crippen LogP contribution >= 0.6 is 11.8 Å². The molecule has 142 valence electrons. The summed E-state index contributed by atoms with van der Waals surface area (Å²) in [6, 6.07) is 19.7. The van der Waals surface area contributed by atoms with Crippen molar-refractivity contribution >= 4 is 23.4 Å². The molecule has 0 unspecified atom stereocenters. The number of nitrogens with zero attached hydrogens (tertiary/aromatic N) is 4. The van der Waals surface area contributed by atoms with Gasteiger partial charge in [0.25, 0.3) is 0 Å². The SMILES string of the molecule is CC(C)c1ccc(-n2ccnc2SCC(=O)N(CC#N)c2ccccc2)cc1. The van der Waals surface area contributed by atoms with Crippen LogP contribution in [-0.4, -0.2) is 27.8 Å². The molecular weight excluding hydrogens is 368 g/mol. The van der Waals surface area contributed by atoms with Crippen LogP contribution in [0.1, 0.15) is 25.3 Å². The fraction of sp³-hybridized carbons (Fsp3) is 0.227. The first-order chi connectivity index (χ1) is 13.6. The van der Waals surface area contributed by atoms with Crippen molar-refractivity contribution in [1.82, 2.24) is 9.55 Å². The van der Waals surface area contributed by atoms with Gasteiger partial charge in [-0.1, -0.05) is 55.9 Å². The van der Waals surface area contributed by atoms with Crippen molar-refractivity contribution in [2.45, 2.75) is 24.9 Å². The standard InChI is InChI=1S/C22H22N4OS/c1-17(2)18-8-10-20(11-9-18)26-15-13-24-22(26)28-16-21(27)25(14-12-23)19-6-4-3-5-7-19/h3-11,13,15,17H,14,16H2,1-2H3. The molecule has 6 heteroatoms. The third kappa shape index (κ3) is 4.62. The molecule has 0 radical (unpaired) electrons. The van der Waals surface area contributed by atoms with Gasteiger partial charge >= 0.3 is 0 Å². The fourth-order valence-corrected chi connectivity index (χ4v) is 3.67. The molecule has 0 N–H and O–H groups in total. The van der Waals surface area contributed by atoms with E-state index >= 15 is 0 Å². The topological polar surface area (TPSA) is 61.9 Å². The average molecular weight is 391 g/mol. The Morgan fingerprint density at radius 1 is 1.18 bits per heavy atom. The molecule has 0 fully saturated rings. The first kappa shape index (κ1) is 19.7. The number of aromatic nitrogens is 2. The third-order valence-corrected chi connectivity index (χ3v) is 5.32. The smallest absolute Gasteiger partial charge is 0.238 e. The van der Waals surface area contributed by atoms with E-state index in [0.29, 0.717) is 5.92 Å². The molecule has 0 aliphatic carbocycles. The summed E-state index contributed by atoms with van der Waals surface area (Å²) in [7, 11) is 0. The number of carbonyl (C=O) groups is 1. The molecule has 0 bridgehead atoms. The summed E-state index contributed by atoms with van der Waals surface area (Å²) < 4.78 is 1.97. The number of thioether (sulfide) groups is 1. The number of para-hydroxylation sites is 1. The highest BCUT2D eigenvalue weighted by Crippen LogP contribution is 2.23. The Hall–Kier alpha value is -3.04. The largest absolute Gasteiger partial charge is 0.298 e. The molecule has 28 heavy (non-hydrogen) atoms. The Bertz CT molecular complexity index is 958. The van der Waals surface area contributed by atoms with Crippen molar-refractivity contribution in [2.24, 2.45) is 0 Å². The average Bonchev–Trinajstić information content (AvgIpc) is 3.19. The van der Waals surface area contributed by atoms with Gasteiger partial charge in [0.1, 0.15) is 6.54 Å². The maximum atomic E-state index is 12.7. The van der Waals surface area contributed by atoms with E-state index in [0.717, 1.165) is 16.5 Å². The number of carbonyl (C=O) groups excluding carboxylic acids is 1. The van der Waals surface area contributed by atoms with Crippen LogP contribution in [0.25, 0.3) is 5.69 Å². The lowest BCUT2D eigenvalue weighted by Gasteiger charge is -2.19. The molecule has 3 rings (SSSR count). The summed E-state index contributed by atoms with van der Waals surface area (Å²) in [5.41, 5.74) is 3.01. The number of anilines is 1. The summed E-state index contributed by atoms with van der Waals surface area (Å²) in [6.45, 7) is 4.35. The predicted molar refractivity (Wildman–Crippen MR) is 113 cm³/mol. The quantitative estimate of drug-likeness (QED) is 0.435. The molecule has 3 aromatic rings. The number of benzene rings is 2. The Kier molecular flexibility index (Phi) is 6.51. The molecule has 0 atom stereocenters. The third-order valence-electron chi connectivity index (χ3n) is 4.37. The van der Waals surface area contributed by atoms with Gasteiger partial charge in [-0.05, 0) is 35.7 Å². The molecule has 2 aromatic carbocycles. The molecule has 5 nitrogen and oxygen atoms in total. The summed E-state index contributed by atoms with van der Waals surface area (Å²) >= 11 is 1.37. The van der Waals surface area contributed by atoms with Gasteiger partial charge in [-0.2, -0.15) is 5.26 Å². The van der Waals surface area contributed by atoms with Crippen molar-refractivity contribution in [1.29, 1.82) is 5.26 Å². The van der Waals surface area contributed by atoms with Crippen molar-refractivity contribution in [3.63, 3.8) is 0 Å². The van der Waals surface area contributed by atoms with E-state index in [9.17, 15) is 4.79 Å². The highest BCUT2D eigenvalue weighted by atomic mass is 32.2. The lowest BCUT2D eigenvalue weighted by Crippen LogP contribution is -2.32. The number of hydrogen-bond donors (Lipinski definition) is 0. The van der Waals surface area contributed by atoms with Gasteiger partial charge in [0, 0.05) is 23.8 Å². The van der Waals surface area contributed by atoms with Crippen LogP contribution in [-0.2, 0) is 4.79 Å². The van der Waals surface area contributed by atoms with Crippen LogP contribution in [0.2, 0.25) is 0 Å². The van der Waals surface area contributed by atoms with Crippen molar-refractivity contribution in [3.8, 4) is 11.8 Å². The van der Waals surface area contributed by atoms with E-state index in [-0.39, 0.29) is 18.2 Å². The van der Waals surface area contributed by atoms with Gasteiger partial charge in [-0.15, -0.1) is 0 Å². The van der Waals surface area contributed by atoms with E-state index in [1.165, 1.54) is 22.2 Å². The molecule has 0 saturated heterocycles. The normalized spacial score (nSPS) is 10.6. The summed E-state index contributed by atoms with van der Waals surface area (Å²) in [6.07, 6.45) is 3.62. The molecule has 0 aliphatic heterocycles. The highest BCUT2D eigenvalue weighted by molar-refractivity contribution is 7.99. The molecular formula is C22H22N4OS. The van der Waals surface area contributed by atoms with Gasteiger partial charge in [0.15, 0.2) is 5.16 Å². The van der Waals surface area contributed by atoms with E-state index in [4.69, 9.17) is 5.26 Å². The zero-order chi connectivity index (χ0) is 19.9.